The number of aromatic nitrogens is 1. The lowest BCUT2D eigenvalue weighted by molar-refractivity contribution is -0.124. The van der Waals surface area contributed by atoms with Gasteiger partial charge in [0.15, 0.2) is 11.5 Å². The molecule has 8 nitrogen and oxygen atoms in total. The number of fused-ring (bicyclic) bond motifs is 2. The van der Waals surface area contributed by atoms with Gasteiger partial charge in [-0.25, -0.2) is 0 Å². The maximum absolute atomic E-state index is 13.3. The van der Waals surface area contributed by atoms with E-state index in [9.17, 15) is 9.59 Å². The first-order chi connectivity index (χ1) is 19.2. The number of H-pyrrole nitrogens is 1. The van der Waals surface area contributed by atoms with Crippen LogP contribution in [-0.2, 0) is 11.3 Å². The second kappa shape index (κ2) is 10.9. The molecule has 3 unspecified atom stereocenters. The molecule has 4 heterocycles. The van der Waals surface area contributed by atoms with E-state index in [2.05, 4.69) is 15.2 Å². The highest BCUT2D eigenvalue weighted by Gasteiger charge is 2.49. The third-order valence-electron chi connectivity index (χ3n) is 9.39. The Labute approximate surface area is 244 Å². The predicted octanol–water partition coefficient (Wildman–Crippen LogP) is 4.92. The Hall–Kier alpha value is -2.20. The van der Waals surface area contributed by atoms with Gasteiger partial charge in [-0.15, -0.1) is 11.8 Å². The van der Waals surface area contributed by atoms with Crippen molar-refractivity contribution in [3.05, 3.63) is 49.9 Å². The summed E-state index contributed by atoms with van der Waals surface area (Å²) < 4.78 is 18.6. The Balaban J connectivity index is 1.12. The van der Waals surface area contributed by atoms with Crippen molar-refractivity contribution in [2.75, 3.05) is 32.6 Å². The molecular weight excluding hydrogens is 550 g/mol. The molecule has 1 aromatic carbocycles. The number of aromatic amines is 1. The van der Waals surface area contributed by atoms with Gasteiger partial charge in [-0.05, 0) is 57.9 Å². The molecule has 40 heavy (non-hydrogen) atoms. The summed E-state index contributed by atoms with van der Waals surface area (Å²) in [4.78, 5) is 32.1. The van der Waals surface area contributed by atoms with Crippen LogP contribution in [-0.4, -0.2) is 60.2 Å². The topological polar surface area (TPSA) is 92.9 Å². The molecule has 10 heteroatoms. The molecular formula is C30H38ClN3O5S. The molecule has 1 amide bonds. The molecule has 6 rings (SSSR count). The zero-order chi connectivity index (χ0) is 28.2. The zero-order valence-electron chi connectivity index (χ0n) is 23.6. The molecule has 1 aliphatic carbocycles. The van der Waals surface area contributed by atoms with Crippen molar-refractivity contribution in [3.8, 4) is 11.5 Å². The summed E-state index contributed by atoms with van der Waals surface area (Å²) in [6, 6.07) is 4.16. The van der Waals surface area contributed by atoms with Crippen molar-refractivity contribution in [2.24, 2.45) is 17.8 Å². The van der Waals surface area contributed by atoms with Gasteiger partial charge >= 0.3 is 0 Å². The number of likely N-dealkylation sites (tertiary alicyclic amines) is 1. The van der Waals surface area contributed by atoms with Crippen LogP contribution < -0.4 is 20.3 Å². The number of pyridine rings is 1. The molecule has 2 aromatic rings. The lowest BCUT2D eigenvalue weighted by atomic mass is 9.81. The van der Waals surface area contributed by atoms with Crippen LogP contribution in [0.15, 0.2) is 21.8 Å². The van der Waals surface area contributed by atoms with Gasteiger partial charge in [0.2, 0.25) is 0 Å². The summed E-state index contributed by atoms with van der Waals surface area (Å²) in [6.45, 7) is 9.96. The molecule has 1 saturated carbocycles. The van der Waals surface area contributed by atoms with Gasteiger partial charge in [0.05, 0.1) is 18.2 Å². The number of halogens is 1. The van der Waals surface area contributed by atoms with Gasteiger partial charge in [0, 0.05) is 77.6 Å². The highest BCUT2D eigenvalue weighted by molar-refractivity contribution is 7.98. The number of aryl methyl sites for hydroxylation is 1. The summed E-state index contributed by atoms with van der Waals surface area (Å²) in [7, 11) is 0. The number of rotatable bonds is 6. The van der Waals surface area contributed by atoms with E-state index in [-0.39, 0.29) is 23.9 Å². The summed E-state index contributed by atoms with van der Waals surface area (Å²) >= 11 is 8.14. The van der Waals surface area contributed by atoms with Crippen molar-refractivity contribution in [3.63, 3.8) is 0 Å². The van der Waals surface area contributed by atoms with E-state index in [0.717, 1.165) is 62.6 Å². The van der Waals surface area contributed by atoms with Crippen LogP contribution in [0.4, 0.5) is 0 Å². The maximum Gasteiger partial charge on any atom is 0.254 e. The number of hydrogen-bond acceptors (Lipinski definition) is 7. The Morgan fingerprint density at radius 3 is 2.48 bits per heavy atom. The lowest BCUT2D eigenvalue weighted by Crippen LogP contribution is -2.47. The van der Waals surface area contributed by atoms with Gasteiger partial charge < -0.3 is 24.5 Å². The number of nitrogens with zero attached hydrogens (tertiary/aromatic N) is 1. The molecule has 3 atom stereocenters. The molecule has 0 radical (unpaired) electrons. The second-order valence-electron chi connectivity index (χ2n) is 11.9. The Kier molecular flexibility index (Phi) is 7.61. The quantitative estimate of drug-likeness (QED) is 0.463. The molecule has 2 saturated heterocycles. The molecule has 0 bridgehead atoms. The van der Waals surface area contributed by atoms with E-state index in [1.807, 2.05) is 33.1 Å². The Bertz CT molecular complexity index is 1360. The van der Waals surface area contributed by atoms with E-state index in [4.69, 9.17) is 25.8 Å². The van der Waals surface area contributed by atoms with Gasteiger partial charge in [-0.3, -0.25) is 14.5 Å². The van der Waals surface area contributed by atoms with Crippen molar-refractivity contribution < 1.29 is 19.0 Å². The second-order valence-corrected chi connectivity index (χ2v) is 13.2. The summed E-state index contributed by atoms with van der Waals surface area (Å²) in [5.74, 6) is 1.54. The van der Waals surface area contributed by atoms with Gasteiger partial charge in [0.25, 0.3) is 17.3 Å². The summed E-state index contributed by atoms with van der Waals surface area (Å²) in [6.07, 6.45) is 6.20. The van der Waals surface area contributed by atoms with Gasteiger partial charge in [-0.2, -0.15) is 0 Å². The highest BCUT2D eigenvalue weighted by atomic mass is 35.5. The van der Waals surface area contributed by atoms with E-state index < -0.39 is 5.79 Å². The molecule has 3 aliphatic heterocycles. The first-order valence-corrected chi connectivity index (χ1v) is 15.8. The van der Waals surface area contributed by atoms with Crippen LogP contribution >= 0.6 is 23.4 Å². The van der Waals surface area contributed by atoms with Crippen LogP contribution in [0.2, 0.25) is 5.02 Å². The molecule has 0 spiro atoms. The number of nitrogens with one attached hydrogen (secondary N) is 2. The first kappa shape index (κ1) is 27.9. The Morgan fingerprint density at radius 1 is 1.12 bits per heavy atom. The van der Waals surface area contributed by atoms with Crippen LogP contribution in [0.1, 0.15) is 59.8 Å². The van der Waals surface area contributed by atoms with Crippen molar-refractivity contribution >= 4 is 29.3 Å². The van der Waals surface area contributed by atoms with Crippen molar-refractivity contribution in [2.45, 2.75) is 69.7 Å². The first-order valence-electron chi connectivity index (χ1n) is 14.2. The SMILES string of the molecule is CSc1cc(C)[nH]c(=O)c1CNC(=O)c1cc(Cl)c2c(c1C)OC(C)([C@H]1CC[C@@H](N3CC4COCC4C3)CC1)O2. The minimum Gasteiger partial charge on any atom is -0.448 e. The number of carbonyl (C=O) groups is 1. The number of ether oxygens (including phenoxy) is 3. The number of amides is 1. The minimum atomic E-state index is -0.825. The maximum atomic E-state index is 13.3. The minimum absolute atomic E-state index is 0.114. The average molecular weight is 588 g/mol. The smallest absolute Gasteiger partial charge is 0.254 e. The number of hydrogen-bond donors (Lipinski definition) is 2. The molecule has 2 N–H and O–H groups in total. The average Bonchev–Trinajstić information content (AvgIpc) is 3.64. The van der Waals surface area contributed by atoms with E-state index in [0.29, 0.717) is 51.1 Å². The molecule has 4 aliphatic rings. The number of thioether (sulfide) groups is 1. The van der Waals surface area contributed by atoms with Gasteiger partial charge in [0.1, 0.15) is 0 Å². The highest BCUT2D eigenvalue weighted by Crippen LogP contribution is 2.52. The fourth-order valence-electron chi connectivity index (χ4n) is 7.03. The van der Waals surface area contributed by atoms with Crippen molar-refractivity contribution in [1.82, 2.24) is 15.2 Å². The predicted molar refractivity (Wildman–Crippen MR) is 156 cm³/mol. The number of benzene rings is 1. The summed E-state index contributed by atoms with van der Waals surface area (Å²) in [5, 5.41) is 3.25. The van der Waals surface area contributed by atoms with Crippen LogP contribution in [0.3, 0.4) is 0 Å². The van der Waals surface area contributed by atoms with E-state index in [1.165, 1.54) is 11.8 Å². The Morgan fingerprint density at radius 2 is 1.80 bits per heavy atom. The van der Waals surface area contributed by atoms with Crippen LogP contribution in [0.5, 0.6) is 11.5 Å². The van der Waals surface area contributed by atoms with Crippen LogP contribution in [0.25, 0.3) is 0 Å². The number of carbonyl (C=O) groups excluding carboxylic acids is 1. The van der Waals surface area contributed by atoms with E-state index >= 15 is 0 Å². The largest absolute Gasteiger partial charge is 0.448 e. The fourth-order valence-corrected chi connectivity index (χ4v) is 7.97. The third kappa shape index (κ3) is 5.03. The van der Waals surface area contributed by atoms with E-state index in [1.54, 1.807) is 6.07 Å². The zero-order valence-corrected chi connectivity index (χ0v) is 25.2. The third-order valence-corrected chi connectivity index (χ3v) is 10.5. The van der Waals surface area contributed by atoms with Crippen molar-refractivity contribution in [1.29, 1.82) is 0 Å². The van der Waals surface area contributed by atoms with Gasteiger partial charge in [-0.1, -0.05) is 11.6 Å². The van der Waals surface area contributed by atoms with Crippen LogP contribution in [0, 0.1) is 31.6 Å². The monoisotopic (exact) mass is 587 g/mol. The normalized spacial score (nSPS) is 29.5. The molecule has 1 aromatic heterocycles. The summed E-state index contributed by atoms with van der Waals surface area (Å²) in [5.41, 5.74) is 2.22. The molecule has 3 fully saturated rings. The lowest BCUT2D eigenvalue weighted by Gasteiger charge is -2.40. The fraction of sp³-hybridized carbons (Fsp3) is 0.600. The standard InChI is InChI=1S/C30H38ClN3O5S/c1-16-9-25(40-4)23(29(36)33-16)11-32-28(35)22-10-24(31)27-26(17(22)2)38-30(3,39-27)20-5-7-21(8-6-20)34-12-18-14-37-15-19(18)13-34/h9-10,18-21H,5-8,11-15H2,1-4H3,(H,32,35)(H,33,36)/t18?,19?,20-,21+,30?. The molecule has 216 valence electrons.